The van der Waals surface area contributed by atoms with Crippen LogP contribution in [0.1, 0.15) is 29.8 Å². The quantitative estimate of drug-likeness (QED) is 0.784. The molecule has 0 aliphatic heterocycles. The van der Waals surface area contributed by atoms with Gasteiger partial charge in [-0.3, -0.25) is 4.79 Å². The molecule has 0 aromatic heterocycles. The summed E-state index contributed by atoms with van der Waals surface area (Å²) in [7, 11) is 0. The highest BCUT2D eigenvalue weighted by Gasteiger charge is 2.16. The van der Waals surface area contributed by atoms with E-state index in [0.29, 0.717) is 25.2 Å². The van der Waals surface area contributed by atoms with Gasteiger partial charge in [0.1, 0.15) is 6.04 Å². The zero-order valence-corrected chi connectivity index (χ0v) is 11.2. The van der Waals surface area contributed by atoms with Gasteiger partial charge < -0.3 is 15.2 Å². The summed E-state index contributed by atoms with van der Waals surface area (Å²) >= 11 is 0. The second-order valence-electron chi connectivity index (χ2n) is 3.98. The lowest BCUT2D eigenvalue weighted by Crippen LogP contribution is -2.34. The van der Waals surface area contributed by atoms with E-state index in [2.05, 4.69) is 0 Å². The van der Waals surface area contributed by atoms with Crippen LogP contribution in [0.3, 0.4) is 0 Å². The Balaban J connectivity index is 2.71. The molecule has 5 heteroatoms. The number of hydrogen-bond donors (Lipinski definition) is 1. The number of benzene rings is 1. The van der Waals surface area contributed by atoms with E-state index in [1.54, 1.807) is 32.0 Å². The summed E-state index contributed by atoms with van der Waals surface area (Å²) in [5, 5.41) is 0. The monoisotopic (exact) mass is 265 g/mol. The minimum absolute atomic E-state index is 0.301. The minimum atomic E-state index is -0.725. The van der Waals surface area contributed by atoms with Crippen LogP contribution in [0.4, 0.5) is 0 Å². The molecule has 1 atom stereocenters. The molecule has 0 aliphatic carbocycles. The summed E-state index contributed by atoms with van der Waals surface area (Å²) in [5.41, 5.74) is 6.98. The lowest BCUT2D eigenvalue weighted by atomic mass is 10.0. The number of ether oxygens (including phenoxy) is 2. The molecule has 0 bridgehead atoms. The van der Waals surface area contributed by atoms with Crippen LogP contribution in [0, 0.1) is 0 Å². The molecule has 1 unspecified atom stereocenters. The first-order valence-corrected chi connectivity index (χ1v) is 6.26. The molecule has 0 aliphatic rings. The van der Waals surface area contributed by atoms with Gasteiger partial charge in [-0.25, -0.2) is 4.79 Å². The molecule has 0 fully saturated rings. The predicted molar refractivity (Wildman–Crippen MR) is 70.7 cm³/mol. The van der Waals surface area contributed by atoms with Gasteiger partial charge in [-0.05, 0) is 38.0 Å². The molecule has 2 N–H and O–H groups in total. The summed E-state index contributed by atoms with van der Waals surface area (Å²) in [5.74, 6) is -0.821. The van der Waals surface area contributed by atoms with E-state index in [1.165, 1.54) is 0 Å². The fourth-order valence-electron chi connectivity index (χ4n) is 1.63. The molecule has 19 heavy (non-hydrogen) atoms. The fraction of sp³-hybridized carbons (Fsp3) is 0.429. The smallest absolute Gasteiger partial charge is 0.338 e. The summed E-state index contributed by atoms with van der Waals surface area (Å²) in [6.45, 7) is 4.10. The molecule has 1 aromatic rings. The maximum absolute atomic E-state index is 11.6. The van der Waals surface area contributed by atoms with Crippen molar-refractivity contribution in [2.75, 3.05) is 13.2 Å². The van der Waals surface area contributed by atoms with Crippen LogP contribution >= 0.6 is 0 Å². The SMILES string of the molecule is CCOC(=O)c1cccc(CC(N)C(=O)OCC)c1. The Morgan fingerprint density at radius 3 is 2.53 bits per heavy atom. The molecule has 0 amide bonds. The largest absolute Gasteiger partial charge is 0.465 e. The Hall–Kier alpha value is -1.88. The van der Waals surface area contributed by atoms with E-state index in [9.17, 15) is 9.59 Å². The Bertz CT molecular complexity index is 445. The Morgan fingerprint density at radius 2 is 1.89 bits per heavy atom. The third kappa shape index (κ3) is 4.71. The number of carbonyl (C=O) groups excluding carboxylic acids is 2. The Morgan fingerprint density at radius 1 is 1.21 bits per heavy atom. The average Bonchev–Trinajstić information content (AvgIpc) is 2.39. The van der Waals surface area contributed by atoms with E-state index in [0.717, 1.165) is 5.56 Å². The van der Waals surface area contributed by atoms with Crippen molar-refractivity contribution in [2.24, 2.45) is 5.73 Å². The zero-order chi connectivity index (χ0) is 14.3. The highest BCUT2D eigenvalue weighted by molar-refractivity contribution is 5.89. The van der Waals surface area contributed by atoms with Gasteiger partial charge in [-0.15, -0.1) is 0 Å². The van der Waals surface area contributed by atoms with E-state index in [-0.39, 0.29) is 5.97 Å². The van der Waals surface area contributed by atoms with E-state index < -0.39 is 12.0 Å². The molecule has 0 saturated heterocycles. The first-order chi connectivity index (χ1) is 9.08. The standard InChI is InChI=1S/C14H19NO4/c1-3-18-13(16)11-7-5-6-10(8-11)9-12(15)14(17)19-4-2/h5-8,12H,3-4,9,15H2,1-2H3. The van der Waals surface area contributed by atoms with Gasteiger partial charge in [-0.2, -0.15) is 0 Å². The minimum Gasteiger partial charge on any atom is -0.465 e. The van der Waals surface area contributed by atoms with Gasteiger partial charge in [0.05, 0.1) is 18.8 Å². The van der Waals surface area contributed by atoms with Crippen LogP contribution in [0.2, 0.25) is 0 Å². The highest BCUT2D eigenvalue weighted by Crippen LogP contribution is 2.09. The lowest BCUT2D eigenvalue weighted by molar-refractivity contribution is -0.144. The maximum atomic E-state index is 11.6. The van der Waals surface area contributed by atoms with Gasteiger partial charge in [0.15, 0.2) is 0 Å². The summed E-state index contributed by atoms with van der Waals surface area (Å²) in [6, 6.07) is 6.16. The second-order valence-corrected chi connectivity index (χ2v) is 3.98. The third-order valence-electron chi connectivity index (χ3n) is 2.48. The van der Waals surface area contributed by atoms with Crippen molar-refractivity contribution in [1.82, 2.24) is 0 Å². The number of rotatable bonds is 6. The fourth-order valence-corrected chi connectivity index (χ4v) is 1.63. The van der Waals surface area contributed by atoms with Crippen LogP contribution in [-0.4, -0.2) is 31.2 Å². The number of esters is 2. The summed E-state index contributed by atoms with van der Waals surface area (Å²) in [6.07, 6.45) is 0.325. The zero-order valence-electron chi connectivity index (χ0n) is 11.2. The van der Waals surface area contributed by atoms with Crippen molar-refractivity contribution in [2.45, 2.75) is 26.3 Å². The van der Waals surface area contributed by atoms with Crippen molar-refractivity contribution in [1.29, 1.82) is 0 Å². The molecular weight excluding hydrogens is 246 g/mol. The van der Waals surface area contributed by atoms with Gasteiger partial charge in [0, 0.05) is 0 Å². The number of nitrogens with two attached hydrogens (primary N) is 1. The molecular formula is C14H19NO4. The van der Waals surface area contributed by atoms with E-state index in [4.69, 9.17) is 15.2 Å². The molecule has 0 spiro atoms. The molecule has 1 aromatic carbocycles. The van der Waals surface area contributed by atoms with Crippen molar-refractivity contribution in [3.05, 3.63) is 35.4 Å². The van der Waals surface area contributed by atoms with Crippen LogP contribution < -0.4 is 5.73 Å². The summed E-state index contributed by atoms with van der Waals surface area (Å²) in [4.78, 5) is 23.0. The molecule has 1 rings (SSSR count). The predicted octanol–water partition coefficient (Wildman–Crippen LogP) is 1.30. The van der Waals surface area contributed by atoms with Crippen LogP contribution in [0.15, 0.2) is 24.3 Å². The Labute approximate surface area is 112 Å². The van der Waals surface area contributed by atoms with Crippen LogP contribution in [0.5, 0.6) is 0 Å². The third-order valence-corrected chi connectivity index (χ3v) is 2.48. The normalized spacial score (nSPS) is 11.7. The average molecular weight is 265 g/mol. The molecule has 5 nitrogen and oxygen atoms in total. The van der Waals surface area contributed by atoms with Gasteiger partial charge in [0.2, 0.25) is 0 Å². The number of carbonyl (C=O) groups is 2. The Kier molecular flexibility index (Phi) is 6.02. The first-order valence-electron chi connectivity index (χ1n) is 6.26. The molecule has 0 heterocycles. The van der Waals surface area contributed by atoms with Gasteiger partial charge in [-0.1, -0.05) is 12.1 Å². The molecule has 0 radical (unpaired) electrons. The van der Waals surface area contributed by atoms with Crippen LogP contribution in [0.25, 0.3) is 0 Å². The van der Waals surface area contributed by atoms with Crippen LogP contribution in [-0.2, 0) is 20.7 Å². The molecule has 104 valence electrons. The van der Waals surface area contributed by atoms with Gasteiger partial charge in [0.25, 0.3) is 0 Å². The number of hydrogen-bond acceptors (Lipinski definition) is 5. The van der Waals surface area contributed by atoms with Crippen molar-refractivity contribution in [3.8, 4) is 0 Å². The summed E-state index contributed by atoms with van der Waals surface area (Å²) < 4.78 is 9.75. The van der Waals surface area contributed by atoms with E-state index >= 15 is 0 Å². The van der Waals surface area contributed by atoms with Crippen molar-refractivity contribution >= 4 is 11.9 Å². The van der Waals surface area contributed by atoms with Gasteiger partial charge >= 0.3 is 11.9 Å². The highest BCUT2D eigenvalue weighted by atomic mass is 16.5. The maximum Gasteiger partial charge on any atom is 0.338 e. The van der Waals surface area contributed by atoms with Crippen molar-refractivity contribution < 1.29 is 19.1 Å². The first kappa shape index (κ1) is 15.2. The topological polar surface area (TPSA) is 78.6 Å². The van der Waals surface area contributed by atoms with Crippen molar-refractivity contribution in [3.63, 3.8) is 0 Å². The second kappa shape index (κ2) is 7.53. The van der Waals surface area contributed by atoms with E-state index in [1.807, 2.05) is 6.07 Å². The molecule has 0 saturated carbocycles. The lowest BCUT2D eigenvalue weighted by Gasteiger charge is -2.11.